The number of aliphatic imine (C=N–C) groups is 2. The van der Waals surface area contributed by atoms with E-state index in [4.69, 9.17) is 20.2 Å². The molecule has 1 fully saturated rings. The number of hydrogen-bond donors (Lipinski definition) is 1. The van der Waals surface area contributed by atoms with E-state index in [1.54, 1.807) is 14.0 Å². The SMILES string of the molecule is CC.COc1cc2c(cc1CN1CCN(C(C)(C)C)CC1)-c1nc(C(N=C(C)N)=NC(C)C)cn1CCO2. The topological polar surface area (TPSA) is 93.5 Å². The van der Waals surface area contributed by atoms with Crippen LogP contribution in [0.1, 0.15) is 66.6 Å². The van der Waals surface area contributed by atoms with Gasteiger partial charge in [0.05, 0.1) is 25.1 Å². The summed E-state index contributed by atoms with van der Waals surface area (Å²) < 4.78 is 14.0. The van der Waals surface area contributed by atoms with Crippen molar-refractivity contribution in [2.24, 2.45) is 15.7 Å². The summed E-state index contributed by atoms with van der Waals surface area (Å²) in [4.78, 5) is 19.1. The minimum atomic E-state index is 0.0786. The number of benzene rings is 1. The third-order valence-corrected chi connectivity index (χ3v) is 6.60. The Morgan fingerprint density at radius 2 is 1.82 bits per heavy atom. The second kappa shape index (κ2) is 12.8. The van der Waals surface area contributed by atoms with Crippen molar-refractivity contribution in [2.75, 3.05) is 39.9 Å². The lowest BCUT2D eigenvalue weighted by Crippen LogP contribution is -2.53. The second-order valence-corrected chi connectivity index (χ2v) is 10.9. The molecular formula is C29H47N7O2. The van der Waals surface area contributed by atoms with Crippen LogP contribution in [0.2, 0.25) is 0 Å². The number of ether oxygens (including phenoxy) is 2. The molecule has 1 saturated heterocycles. The zero-order valence-electron chi connectivity index (χ0n) is 24.8. The summed E-state index contributed by atoms with van der Waals surface area (Å²) in [6.07, 6.45) is 2.00. The van der Waals surface area contributed by atoms with Gasteiger partial charge in [0.15, 0.2) is 5.84 Å². The number of methoxy groups -OCH3 is 1. The summed E-state index contributed by atoms with van der Waals surface area (Å²) in [5.74, 6) is 3.49. The van der Waals surface area contributed by atoms with Gasteiger partial charge < -0.3 is 19.8 Å². The van der Waals surface area contributed by atoms with Crippen molar-refractivity contribution < 1.29 is 9.47 Å². The third kappa shape index (κ3) is 7.14. The minimum Gasteiger partial charge on any atom is -0.496 e. The maximum Gasteiger partial charge on any atom is 0.177 e. The van der Waals surface area contributed by atoms with Crippen LogP contribution in [0.3, 0.4) is 0 Å². The molecule has 0 amide bonds. The molecule has 2 aliphatic heterocycles. The van der Waals surface area contributed by atoms with Crippen molar-refractivity contribution >= 4 is 11.7 Å². The van der Waals surface area contributed by atoms with E-state index >= 15 is 0 Å². The Balaban J connectivity index is 0.00000195. The molecule has 210 valence electrons. The highest BCUT2D eigenvalue weighted by Gasteiger charge is 2.27. The van der Waals surface area contributed by atoms with Crippen molar-refractivity contribution in [1.82, 2.24) is 19.4 Å². The summed E-state index contributed by atoms with van der Waals surface area (Å²) >= 11 is 0. The highest BCUT2D eigenvalue weighted by Crippen LogP contribution is 2.38. The van der Waals surface area contributed by atoms with Gasteiger partial charge in [0.1, 0.15) is 29.6 Å². The Kier molecular flexibility index (Phi) is 9.95. The number of rotatable bonds is 5. The summed E-state index contributed by atoms with van der Waals surface area (Å²) in [6.45, 7) is 22.9. The van der Waals surface area contributed by atoms with Gasteiger partial charge in [-0.25, -0.2) is 9.98 Å². The maximum absolute atomic E-state index is 6.12. The van der Waals surface area contributed by atoms with Crippen molar-refractivity contribution in [1.29, 1.82) is 0 Å². The lowest BCUT2D eigenvalue weighted by molar-refractivity contribution is 0.0588. The van der Waals surface area contributed by atoms with E-state index in [0.717, 1.165) is 61.2 Å². The van der Waals surface area contributed by atoms with Gasteiger partial charge in [0.2, 0.25) is 0 Å². The first-order valence-electron chi connectivity index (χ1n) is 13.8. The van der Waals surface area contributed by atoms with Gasteiger partial charge in [0, 0.05) is 62.1 Å². The first-order chi connectivity index (χ1) is 18.0. The molecule has 4 rings (SSSR count). The van der Waals surface area contributed by atoms with Gasteiger partial charge in [-0.15, -0.1) is 0 Å². The maximum atomic E-state index is 6.12. The number of imidazole rings is 1. The monoisotopic (exact) mass is 525 g/mol. The largest absolute Gasteiger partial charge is 0.496 e. The fourth-order valence-corrected chi connectivity index (χ4v) is 4.76. The zero-order valence-corrected chi connectivity index (χ0v) is 24.8. The molecule has 2 aromatic rings. The molecule has 1 aromatic carbocycles. The van der Waals surface area contributed by atoms with Gasteiger partial charge in [-0.3, -0.25) is 14.8 Å². The number of amidine groups is 2. The normalized spacial score (nSPS) is 17.2. The Bertz CT molecular complexity index is 1130. The minimum absolute atomic E-state index is 0.0786. The fourth-order valence-electron chi connectivity index (χ4n) is 4.76. The van der Waals surface area contributed by atoms with Crippen molar-refractivity contribution in [3.8, 4) is 22.9 Å². The fraction of sp³-hybridized carbons (Fsp3) is 0.621. The molecule has 0 bridgehead atoms. The standard InChI is InChI=1S/C27H41N7O2.C2H6/c1-18(2)29-25(30-19(3)28)22-17-33-12-13-36-24-15-23(35-7)20(14-21(24)26(33)31-22)16-32-8-10-34(11-9-32)27(4,5)6;1-2/h14-15,17-18H,8-13,16H2,1-7H3,(H2,28,29,30);1-2H3. The summed E-state index contributed by atoms with van der Waals surface area (Å²) in [5, 5.41) is 0. The third-order valence-electron chi connectivity index (χ3n) is 6.60. The van der Waals surface area contributed by atoms with Crippen LogP contribution in [0.4, 0.5) is 0 Å². The second-order valence-electron chi connectivity index (χ2n) is 10.9. The van der Waals surface area contributed by atoms with Crippen LogP contribution in [-0.4, -0.2) is 82.5 Å². The Labute approximate surface area is 228 Å². The predicted molar refractivity (Wildman–Crippen MR) is 157 cm³/mol. The smallest absolute Gasteiger partial charge is 0.177 e. The van der Waals surface area contributed by atoms with E-state index in [1.807, 2.05) is 40.0 Å². The van der Waals surface area contributed by atoms with Crippen molar-refractivity contribution in [3.63, 3.8) is 0 Å². The Morgan fingerprint density at radius 3 is 2.39 bits per heavy atom. The van der Waals surface area contributed by atoms with Gasteiger partial charge in [-0.2, -0.15) is 0 Å². The van der Waals surface area contributed by atoms with Crippen LogP contribution >= 0.6 is 0 Å². The molecule has 0 aliphatic carbocycles. The lowest BCUT2D eigenvalue weighted by Gasteiger charge is -2.42. The molecule has 38 heavy (non-hydrogen) atoms. The number of piperazine rings is 1. The van der Waals surface area contributed by atoms with Crippen LogP contribution in [0.5, 0.6) is 11.5 Å². The van der Waals surface area contributed by atoms with Gasteiger partial charge in [-0.1, -0.05) is 13.8 Å². The number of nitrogens with two attached hydrogens (primary N) is 1. The highest BCUT2D eigenvalue weighted by atomic mass is 16.5. The van der Waals surface area contributed by atoms with E-state index in [2.05, 4.69) is 51.2 Å². The molecule has 3 heterocycles. The molecule has 0 saturated carbocycles. The van der Waals surface area contributed by atoms with Crippen LogP contribution in [0, 0.1) is 0 Å². The summed E-state index contributed by atoms with van der Waals surface area (Å²) in [5.41, 5.74) is 8.90. The summed E-state index contributed by atoms with van der Waals surface area (Å²) in [7, 11) is 1.72. The van der Waals surface area contributed by atoms with Crippen LogP contribution in [-0.2, 0) is 13.1 Å². The van der Waals surface area contributed by atoms with E-state index in [-0.39, 0.29) is 11.6 Å². The Hall–Kier alpha value is -2.91. The first kappa shape index (κ1) is 29.6. The van der Waals surface area contributed by atoms with Crippen LogP contribution in [0.15, 0.2) is 28.3 Å². The van der Waals surface area contributed by atoms with E-state index in [1.165, 1.54) is 0 Å². The lowest BCUT2D eigenvalue weighted by atomic mass is 10.0. The number of nitrogens with zero attached hydrogens (tertiary/aromatic N) is 6. The number of hydrogen-bond acceptors (Lipinski definition) is 6. The van der Waals surface area contributed by atoms with E-state index in [0.29, 0.717) is 30.5 Å². The summed E-state index contributed by atoms with van der Waals surface area (Å²) in [6, 6.07) is 4.26. The first-order valence-corrected chi connectivity index (χ1v) is 13.8. The Morgan fingerprint density at radius 1 is 1.13 bits per heavy atom. The average Bonchev–Trinajstić information content (AvgIpc) is 3.21. The number of aromatic nitrogens is 2. The predicted octanol–water partition coefficient (Wildman–Crippen LogP) is 4.43. The van der Waals surface area contributed by atoms with Gasteiger partial charge in [-0.05, 0) is 47.6 Å². The van der Waals surface area contributed by atoms with Gasteiger partial charge >= 0.3 is 0 Å². The molecule has 2 aliphatic rings. The van der Waals surface area contributed by atoms with Crippen LogP contribution in [0.25, 0.3) is 11.4 Å². The molecule has 2 N–H and O–H groups in total. The van der Waals surface area contributed by atoms with E-state index in [9.17, 15) is 0 Å². The molecule has 0 radical (unpaired) electrons. The molecule has 1 aromatic heterocycles. The average molecular weight is 526 g/mol. The molecule has 0 atom stereocenters. The molecule has 9 nitrogen and oxygen atoms in total. The van der Waals surface area contributed by atoms with Crippen molar-refractivity contribution in [2.45, 2.75) is 80.1 Å². The quantitative estimate of drug-likeness (QED) is 0.459. The highest BCUT2D eigenvalue weighted by molar-refractivity contribution is 6.04. The van der Waals surface area contributed by atoms with Crippen molar-refractivity contribution in [3.05, 3.63) is 29.6 Å². The van der Waals surface area contributed by atoms with E-state index < -0.39 is 0 Å². The molecule has 0 spiro atoms. The molecular weight excluding hydrogens is 478 g/mol. The van der Waals surface area contributed by atoms with Gasteiger partial charge in [0.25, 0.3) is 0 Å². The zero-order chi connectivity index (χ0) is 28.0. The molecule has 0 unspecified atom stereocenters. The number of fused-ring (bicyclic) bond motifs is 3. The van der Waals surface area contributed by atoms with Crippen LogP contribution < -0.4 is 15.2 Å². The molecule has 9 heteroatoms.